The summed E-state index contributed by atoms with van der Waals surface area (Å²) in [5.74, 6) is -0.352. The Bertz CT molecular complexity index is 903. The zero-order valence-electron chi connectivity index (χ0n) is 19.5. The van der Waals surface area contributed by atoms with Crippen molar-refractivity contribution < 1.29 is 23.8 Å². The van der Waals surface area contributed by atoms with Crippen molar-refractivity contribution in [3.05, 3.63) is 32.6 Å². The number of hydrogen-bond donors (Lipinski definition) is 3. The van der Waals surface area contributed by atoms with Crippen molar-refractivity contribution in [2.75, 3.05) is 13.7 Å². The largest absolute Gasteiger partial charge is 0.408 e. The summed E-state index contributed by atoms with van der Waals surface area (Å²) in [6, 6.07) is 0. The van der Waals surface area contributed by atoms with Crippen LogP contribution in [0, 0.1) is 6.92 Å². The number of aliphatic hydroxyl groups is 1. The molecule has 0 saturated carbocycles. The lowest BCUT2D eigenvalue weighted by atomic mass is 10.1. The molecule has 0 spiro atoms. The summed E-state index contributed by atoms with van der Waals surface area (Å²) in [4.78, 5) is 38.5. The van der Waals surface area contributed by atoms with Gasteiger partial charge in [-0.25, -0.2) is 4.79 Å². The first kappa shape index (κ1) is 25.5. The molecule has 0 aromatic carbocycles. The van der Waals surface area contributed by atoms with Gasteiger partial charge in [0.25, 0.3) is 5.56 Å². The van der Waals surface area contributed by atoms with Crippen LogP contribution >= 0.6 is 0 Å². The molecular formula is C20H35N3O7Si. The Morgan fingerprint density at radius 3 is 2.48 bits per heavy atom. The van der Waals surface area contributed by atoms with Crippen LogP contribution in [0.15, 0.2) is 15.8 Å². The summed E-state index contributed by atoms with van der Waals surface area (Å²) in [6.07, 6.45) is -2.93. The number of nitrogens with zero attached hydrogens (tertiary/aromatic N) is 1. The van der Waals surface area contributed by atoms with E-state index in [1.807, 2.05) is 0 Å². The number of carbonyl (C=O) groups excluding carboxylic acids is 1. The van der Waals surface area contributed by atoms with Crippen LogP contribution < -0.4 is 16.6 Å². The molecule has 0 radical (unpaired) electrons. The topological polar surface area (TPSA) is 132 Å². The molecule has 1 aliphatic heterocycles. The van der Waals surface area contributed by atoms with Crippen LogP contribution in [-0.2, 0) is 18.7 Å². The maximum atomic E-state index is 12.5. The number of aromatic amines is 1. The Morgan fingerprint density at radius 1 is 1.35 bits per heavy atom. The van der Waals surface area contributed by atoms with Gasteiger partial charge in [-0.15, -0.1) is 0 Å². The van der Waals surface area contributed by atoms with E-state index < -0.39 is 50.2 Å². The molecule has 1 fully saturated rings. The van der Waals surface area contributed by atoms with Crippen molar-refractivity contribution in [2.24, 2.45) is 0 Å². The number of rotatable bonds is 7. The zero-order valence-corrected chi connectivity index (χ0v) is 20.5. The van der Waals surface area contributed by atoms with Gasteiger partial charge in [-0.3, -0.25) is 19.1 Å². The van der Waals surface area contributed by atoms with E-state index >= 15 is 0 Å². The number of amides is 1. The van der Waals surface area contributed by atoms with Crippen molar-refractivity contribution >= 4 is 14.2 Å². The maximum Gasteiger partial charge on any atom is 0.330 e. The third kappa shape index (κ3) is 5.53. The first-order chi connectivity index (χ1) is 14.2. The molecule has 2 rings (SSSR count). The van der Waals surface area contributed by atoms with Crippen LogP contribution in [0.2, 0.25) is 18.1 Å². The first-order valence-electron chi connectivity index (χ1n) is 10.3. The van der Waals surface area contributed by atoms with Gasteiger partial charge < -0.3 is 24.3 Å². The highest BCUT2D eigenvalue weighted by Gasteiger charge is 2.53. The molecule has 2 heterocycles. The van der Waals surface area contributed by atoms with Gasteiger partial charge in [0.05, 0.1) is 6.10 Å². The van der Waals surface area contributed by atoms with Gasteiger partial charge in [-0.05, 0) is 32.0 Å². The summed E-state index contributed by atoms with van der Waals surface area (Å²) in [6.45, 7) is 13.2. The number of hydrogen-bond acceptors (Lipinski definition) is 7. The SMILES string of the molecule is CNC(=O)CO[C@@H]1[C@H](O[Si](C)(C)C(C)(C)C)C([C@@H](C)O)O[C@H]1n1cc(C)c(=O)[nH]c1=O. The van der Waals surface area contributed by atoms with E-state index in [-0.39, 0.29) is 17.6 Å². The number of aryl methyl sites for hydroxylation is 1. The molecule has 0 bridgehead atoms. The highest BCUT2D eigenvalue weighted by Crippen LogP contribution is 2.42. The number of aliphatic hydroxyl groups excluding tert-OH is 1. The second-order valence-corrected chi connectivity index (χ2v) is 14.3. The first-order valence-corrected chi connectivity index (χ1v) is 13.3. The monoisotopic (exact) mass is 457 g/mol. The summed E-state index contributed by atoms with van der Waals surface area (Å²) >= 11 is 0. The van der Waals surface area contributed by atoms with Gasteiger partial charge in [0.15, 0.2) is 14.5 Å². The van der Waals surface area contributed by atoms with Crippen LogP contribution in [0.25, 0.3) is 0 Å². The van der Waals surface area contributed by atoms with Crippen LogP contribution in [0.3, 0.4) is 0 Å². The van der Waals surface area contributed by atoms with Crippen LogP contribution in [-0.4, -0.2) is 67.0 Å². The lowest BCUT2D eigenvalue weighted by Gasteiger charge is -2.40. The lowest BCUT2D eigenvalue weighted by Crippen LogP contribution is -2.52. The molecule has 1 aromatic rings. The van der Waals surface area contributed by atoms with Crippen molar-refractivity contribution in [1.82, 2.24) is 14.9 Å². The molecular weight excluding hydrogens is 422 g/mol. The van der Waals surface area contributed by atoms with E-state index in [9.17, 15) is 19.5 Å². The number of aromatic nitrogens is 2. The maximum absolute atomic E-state index is 12.5. The van der Waals surface area contributed by atoms with E-state index in [4.69, 9.17) is 13.9 Å². The number of nitrogens with one attached hydrogen (secondary N) is 2. The van der Waals surface area contributed by atoms with Crippen molar-refractivity contribution in [3.8, 4) is 0 Å². The van der Waals surface area contributed by atoms with E-state index in [1.54, 1.807) is 13.8 Å². The minimum atomic E-state index is -2.34. The number of H-pyrrole nitrogens is 1. The van der Waals surface area contributed by atoms with Gasteiger partial charge in [0.1, 0.15) is 24.9 Å². The van der Waals surface area contributed by atoms with Gasteiger partial charge in [0, 0.05) is 18.8 Å². The molecule has 1 aromatic heterocycles. The van der Waals surface area contributed by atoms with E-state index in [0.29, 0.717) is 5.56 Å². The molecule has 1 saturated heterocycles. The Morgan fingerprint density at radius 2 is 1.97 bits per heavy atom. The Hall–Kier alpha value is -1.79. The molecule has 5 atom stereocenters. The minimum Gasteiger partial charge on any atom is -0.408 e. The van der Waals surface area contributed by atoms with E-state index in [1.165, 1.54) is 17.8 Å². The van der Waals surface area contributed by atoms with Crippen LogP contribution in [0.5, 0.6) is 0 Å². The molecule has 1 amide bonds. The second-order valence-electron chi connectivity index (χ2n) is 9.50. The molecule has 31 heavy (non-hydrogen) atoms. The molecule has 176 valence electrons. The lowest BCUT2D eigenvalue weighted by molar-refractivity contribution is -0.132. The molecule has 11 heteroatoms. The van der Waals surface area contributed by atoms with Crippen molar-refractivity contribution in [1.29, 1.82) is 0 Å². The fraction of sp³-hybridized carbons (Fsp3) is 0.750. The standard InChI is InChI=1S/C20H35N3O7Si/c1-11-9-23(19(27)22-17(11)26)18-16(28-10-13(25)21-6)15(14(29-18)12(2)24)30-31(7,8)20(3,4)5/h9,12,14-16,18,24H,10H2,1-8H3,(H,21,25)(H,22,26,27)/t12-,14?,15-,16-,18-/m1/s1. The quantitative estimate of drug-likeness (QED) is 0.512. The normalized spacial score (nSPS) is 25.5. The molecule has 10 nitrogen and oxygen atoms in total. The van der Waals surface area contributed by atoms with Gasteiger partial charge in [-0.1, -0.05) is 20.8 Å². The molecule has 0 aliphatic carbocycles. The van der Waals surface area contributed by atoms with Crippen molar-refractivity contribution in [3.63, 3.8) is 0 Å². The number of likely N-dealkylation sites (N-methyl/N-ethyl adjacent to an activating group) is 1. The molecule has 1 unspecified atom stereocenters. The summed E-state index contributed by atoms with van der Waals surface area (Å²) in [7, 11) is -0.852. The Balaban J connectivity index is 2.54. The number of carbonyl (C=O) groups is 1. The van der Waals surface area contributed by atoms with Gasteiger partial charge in [0.2, 0.25) is 5.91 Å². The summed E-state index contributed by atoms with van der Waals surface area (Å²) in [5.41, 5.74) is -0.856. The third-order valence-corrected chi connectivity index (χ3v) is 10.5. The predicted octanol–water partition coefficient (Wildman–Crippen LogP) is 0.645. The zero-order chi connectivity index (χ0) is 23.7. The second kappa shape index (κ2) is 9.37. The van der Waals surface area contributed by atoms with Crippen LogP contribution in [0.4, 0.5) is 0 Å². The van der Waals surface area contributed by atoms with Crippen LogP contribution in [0.1, 0.15) is 39.5 Å². The average molecular weight is 458 g/mol. The fourth-order valence-electron chi connectivity index (χ4n) is 3.12. The Labute approximate surface area is 183 Å². The average Bonchev–Trinajstić information content (AvgIpc) is 2.99. The highest BCUT2D eigenvalue weighted by atomic mass is 28.4. The number of ether oxygens (including phenoxy) is 2. The van der Waals surface area contributed by atoms with Gasteiger partial charge in [-0.2, -0.15) is 0 Å². The third-order valence-electron chi connectivity index (χ3n) is 6.04. The van der Waals surface area contributed by atoms with E-state index in [0.717, 1.165) is 0 Å². The fourth-order valence-corrected chi connectivity index (χ4v) is 4.43. The Kier molecular flexibility index (Phi) is 7.70. The smallest absolute Gasteiger partial charge is 0.330 e. The molecule has 3 N–H and O–H groups in total. The molecule has 1 aliphatic rings. The van der Waals surface area contributed by atoms with Crippen molar-refractivity contribution in [2.45, 2.75) is 83.4 Å². The van der Waals surface area contributed by atoms with E-state index in [2.05, 4.69) is 44.2 Å². The minimum absolute atomic E-state index is 0.134. The van der Waals surface area contributed by atoms with Gasteiger partial charge >= 0.3 is 5.69 Å². The summed E-state index contributed by atoms with van der Waals surface area (Å²) in [5, 5.41) is 12.8. The highest BCUT2D eigenvalue weighted by molar-refractivity contribution is 6.74. The summed E-state index contributed by atoms with van der Waals surface area (Å²) < 4.78 is 19.8. The predicted molar refractivity (Wildman–Crippen MR) is 118 cm³/mol.